The van der Waals surface area contributed by atoms with Crippen molar-refractivity contribution in [3.8, 4) is 0 Å². The smallest absolute Gasteiger partial charge is 0.461 e. The second kappa shape index (κ2) is 26.8. The van der Waals surface area contributed by atoms with Crippen LogP contribution in [0, 0.1) is 34.0 Å². The van der Waals surface area contributed by atoms with E-state index in [0.29, 0.717) is 56.9 Å². The minimum Gasteiger partial charge on any atom is -0.461 e. The third-order valence-electron chi connectivity index (χ3n) is 17.3. The molecule has 1 aromatic rings. The molecule has 0 heterocycles. The zero-order valence-corrected chi connectivity index (χ0v) is 46.7. The Bertz CT molecular complexity index is 2320. The lowest BCUT2D eigenvalue weighted by atomic mass is 9.44. The largest absolute Gasteiger partial charge is 0.471 e. The minimum atomic E-state index is -4.98. The maximum atomic E-state index is 13.5. The summed E-state index contributed by atoms with van der Waals surface area (Å²) in [5.74, 6) is -6.71. The minimum absolute atomic E-state index is 0.00154. The van der Waals surface area contributed by atoms with E-state index in [9.17, 15) is 88.7 Å². The first kappa shape index (κ1) is 66.2. The average Bonchev–Trinajstić information content (AvgIpc) is 3.72. The van der Waals surface area contributed by atoms with Crippen LogP contribution in [-0.4, -0.2) is 144 Å². The average molecular weight is 1190 g/mol. The molecule has 17 atom stereocenters. The summed E-state index contributed by atoms with van der Waals surface area (Å²) in [6, 6.07) is 6.43. The molecule has 6 fully saturated rings. The fourth-order valence-electron chi connectivity index (χ4n) is 12.5. The highest BCUT2D eigenvalue weighted by atomic mass is 32.2. The van der Waals surface area contributed by atoms with E-state index in [1.807, 2.05) is 29.8 Å². The number of amides is 3. The van der Waals surface area contributed by atoms with Crippen LogP contribution in [0.2, 0.25) is 0 Å². The number of halogens is 9. The molecule has 14 nitrogen and oxygen atoms in total. The molecule has 6 aliphatic carbocycles. The highest BCUT2D eigenvalue weighted by Gasteiger charge is 2.68. The van der Waals surface area contributed by atoms with Crippen LogP contribution in [0.5, 0.6) is 0 Å². The molecule has 0 radical (unpaired) electrons. The highest BCUT2D eigenvalue weighted by molar-refractivity contribution is 8.14. The summed E-state index contributed by atoms with van der Waals surface area (Å²) in [5, 5.41) is 46.0. The predicted octanol–water partition coefficient (Wildman–Crippen LogP) is 7.98. The normalized spacial score (nSPS) is 36.7. The van der Waals surface area contributed by atoms with Crippen LogP contribution in [0.3, 0.4) is 0 Å². The standard InChI is InChI=1S/C30H44F3NO6S.C15H16F3NO3S.C8H12F3NO2S/c1-6-27(4)14-22(28(5)16(2)9-11-29(17(3)25(27)38)12-10-19(35)24(28)29)40-23(37)15-41-21-8-7-18(13-20(21)36)34-26(39)30(31,32)33;16-15(17,18)14(22)19-10-6-7-12(11(20)8-10)23-13(21)9-4-2-1-3-5-9;9-8(10,11)7(14)12-4-1-2-6(15)5(13)3-4/h6,16-18,20-22,24-25,36,38H,1,7-15H2,2-5H3,(H,34,39);1-5,10-12,20H,6-8H2,(H,19,22);4-6,13,15H,1-3H2,(H,12,14)/t16?,17-,18+,20+,21+,22+,24-,25-,27+,28-,29-;10-,11-,12-;4-,5-,6-/m011/s1. The van der Waals surface area contributed by atoms with E-state index >= 15 is 0 Å². The molecule has 2 bridgehead atoms. The van der Waals surface area contributed by atoms with Crippen LogP contribution in [0.25, 0.3) is 0 Å². The van der Waals surface area contributed by atoms with Crippen molar-refractivity contribution < 1.29 is 93.4 Å². The third-order valence-corrected chi connectivity index (χ3v) is 20.6. The number of thiol groups is 1. The van der Waals surface area contributed by atoms with Crippen LogP contribution < -0.4 is 16.0 Å². The summed E-state index contributed by atoms with van der Waals surface area (Å²) in [4.78, 5) is 71.7. The number of thioether (sulfide) groups is 2. The van der Waals surface area contributed by atoms with Crippen molar-refractivity contribution in [2.45, 2.75) is 201 Å². The van der Waals surface area contributed by atoms with Crippen LogP contribution in [-0.2, 0) is 28.7 Å². The van der Waals surface area contributed by atoms with E-state index in [0.717, 1.165) is 24.6 Å². The number of Topliss-reactive ketones (excluding diaryl/α,β-unsaturated/α-hetero) is 1. The number of hydrogen-bond donors (Lipinski definition) is 8. The van der Waals surface area contributed by atoms with Crippen molar-refractivity contribution in [1.29, 1.82) is 0 Å². The topological polar surface area (TPSA) is 229 Å². The molecule has 7 N–H and O–H groups in total. The van der Waals surface area contributed by atoms with Gasteiger partial charge in [-0.3, -0.25) is 28.8 Å². The Morgan fingerprint density at radius 3 is 1.67 bits per heavy atom. The van der Waals surface area contributed by atoms with Gasteiger partial charge < -0.3 is 41.1 Å². The Hall–Kier alpha value is -3.56. The molecule has 0 saturated heterocycles. The molecule has 1 aromatic carbocycles. The summed E-state index contributed by atoms with van der Waals surface area (Å²) in [7, 11) is 0. The summed E-state index contributed by atoms with van der Waals surface area (Å²) in [6.07, 6.45) is -11.7. The number of ketones is 1. The lowest BCUT2D eigenvalue weighted by Gasteiger charge is -2.61. The molecule has 3 amide bonds. The van der Waals surface area contributed by atoms with Crippen molar-refractivity contribution in [3.05, 3.63) is 48.6 Å². The van der Waals surface area contributed by atoms with Gasteiger partial charge in [-0.05, 0) is 101 Å². The van der Waals surface area contributed by atoms with Crippen molar-refractivity contribution >= 4 is 70.7 Å². The molecule has 79 heavy (non-hydrogen) atoms. The van der Waals surface area contributed by atoms with Crippen molar-refractivity contribution in [3.63, 3.8) is 0 Å². The van der Waals surface area contributed by atoms with Gasteiger partial charge in [0.25, 0.3) is 0 Å². The lowest BCUT2D eigenvalue weighted by molar-refractivity contribution is -0.205. The Labute approximate surface area is 467 Å². The fraction of sp³-hybridized carbons (Fsp3) is 0.736. The van der Waals surface area contributed by atoms with Gasteiger partial charge in [-0.25, -0.2) is 0 Å². The van der Waals surface area contributed by atoms with E-state index in [2.05, 4.69) is 33.1 Å². The fourth-order valence-corrected chi connectivity index (χ4v) is 14.9. The van der Waals surface area contributed by atoms with Crippen molar-refractivity contribution in [2.24, 2.45) is 34.0 Å². The van der Waals surface area contributed by atoms with Gasteiger partial charge in [-0.15, -0.1) is 18.3 Å². The number of carbonyl (C=O) groups excluding carboxylic acids is 6. The number of alkyl halides is 9. The Morgan fingerprint density at radius 1 is 0.722 bits per heavy atom. The zero-order chi connectivity index (χ0) is 59.2. The van der Waals surface area contributed by atoms with Gasteiger partial charge in [-0.2, -0.15) is 52.1 Å². The van der Waals surface area contributed by atoms with Crippen LogP contribution in [0.1, 0.15) is 128 Å². The SMILES string of the molecule is C=C[C@]1(C)C[C@@H](OC(=O)CS[C@@H]2CC[C@@H](NC(=O)C(F)(F)F)C[C@H]2O)[C@]2(C)C(C)CC[C@]3(CCC(=O)[C@H]32)[C@@H](C)[C@@H]1O.O=C(N[C@@H]1CC[C@@H](S)[C@H](O)C1)C(F)(F)F.O=C(S[C@@H]1CC[C@@H](NC(=O)C(F)(F)F)C[C@H]1O)c1ccccc1. The summed E-state index contributed by atoms with van der Waals surface area (Å²) in [5.41, 5.74) is -1.22. The first-order valence-corrected chi connectivity index (χ1v) is 28.8. The number of ether oxygens (including phenoxy) is 1. The number of carbonyl (C=O) groups is 6. The monoisotopic (exact) mass is 1190 g/mol. The number of hydrogen-bond acceptors (Lipinski definition) is 14. The van der Waals surface area contributed by atoms with Gasteiger partial charge >= 0.3 is 42.2 Å². The number of aliphatic hydroxyl groups is 4. The lowest BCUT2D eigenvalue weighted by Crippen LogP contribution is -2.63. The number of nitrogens with one attached hydrogen (secondary N) is 3. The Balaban J connectivity index is 0.000000252. The molecule has 1 unspecified atom stereocenters. The molecule has 0 aromatic heterocycles. The van der Waals surface area contributed by atoms with E-state index < -0.39 is 107 Å². The van der Waals surface area contributed by atoms with E-state index in [1.165, 1.54) is 11.8 Å². The molecule has 0 spiro atoms. The summed E-state index contributed by atoms with van der Waals surface area (Å²) >= 11 is 6.23. The summed E-state index contributed by atoms with van der Waals surface area (Å²) < 4.78 is 116. The van der Waals surface area contributed by atoms with Gasteiger partial charge in [-0.1, -0.05) is 75.9 Å². The van der Waals surface area contributed by atoms with Gasteiger partial charge in [0, 0.05) is 62.6 Å². The number of aliphatic hydroxyl groups excluding tert-OH is 4. The number of rotatable bonds is 10. The first-order valence-electron chi connectivity index (χ1n) is 26.3. The van der Waals surface area contributed by atoms with E-state index in [1.54, 1.807) is 36.4 Å². The van der Waals surface area contributed by atoms with E-state index in [-0.39, 0.29) is 76.0 Å². The molecule has 26 heteroatoms. The Morgan fingerprint density at radius 2 is 1.20 bits per heavy atom. The van der Waals surface area contributed by atoms with E-state index in [4.69, 9.17) is 4.74 Å². The molecular weight excluding hydrogens is 1120 g/mol. The molecule has 6 saturated carbocycles. The second-order valence-corrected chi connectivity index (χ2v) is 25.5. The number of benzene rings is 1. The Kier molecular flexibility index (Phi) is 22.5. The van der Waals surface area contributed by atoms with Gasteiger partial charge in [0.1, 0.15) is 11.9 Å². The maximum absolute atomic E-state index is 13.5. The molecular formula is C53H72F9N3O11S3. The van der Waals surface area contributed by atoms with Crippen molar-refractivity contribution in [2.75, 3.05) is 5.75 Å². The van der Waals surface area contributed by atoms with Gasteiger partial charge in [0.05, 0.1) is 30.2 Å². The van der Waals surface area contributed by atoms with Crippen LogP contribution in [0.15, 0.2) is 43.0 Å². The van der Waals surface area contributed by atoms with Crippen LogP contribution in [0.4, 0.5) is 39.5 Å². The zero-order valence-electron chi connectivity index (χ0n) is 44.2. The molecule has 6 aliphatic rings. The predicted molar refractivity (Wildman–Crippen MR) is 279 cm³/mol. The second-order valence-electron chi connectivity index (χ2n) is 22.4. The van der Waals surface area contributed by atoms with Crippen LogP contribution >= 0.6 is 36.2 Å². The van der Waals surface area contributed by atoms with Crippen molar-refractivity contribution in [1.82, 2.24) is 16.0 Å². The molecule has 0 aliphatic heterocycles. The quantitative estimate of drug-likeness (QED) is 0.0482. The molecule has 7 rings (SSSR count). The molecule has 446 valence electrons. The highest BCUT2D eigenvalue weighted by Crippen LogP contribution is 2.68. The van der Waals surface area contributed by atoms with Gasteiger partial charge in [0.2, 0.25) is 5.12 Å². The first-order chi connectivity index (χ1) is 36.6. The summed E-state index contributed by atoms with van der Waals surface area (Å²) in [6.45, 7) is 12.2. The van der Waals surface area contributed by atoms with Gasteiger partial charge in [0.15, 0.2) is 0 Å². The maximum Gasteiger partial charge on any atom is 0.471 e. The third kappa shape index (κ3) is 16.4. The number of esters is 1.